The number of rotatable bonds is 5. The van der Waals surface area contributed by atoms with Crippen molar-refractivity contribution in [2.45, 2.75) is 40.2 Å². The zero-order valence-corrected chi connectivity index (χ0v) is 17.7. The molecule has 1 aliphatic heterocycles. The van der Waals surface area contributed by atoms with Crippen LogP contribution in [0.15, 0.2) is 54.6 Å². The lowest BCUT2D eigenvalue weighted by molar-refractivity contribution is 0.280. The molecule has 0 fully saturated rings. The molecule has 1 heterocycles. The molecule has 3 nitrogen and oxygen atoms in total. The number of hydrogen-bond donors (Lipinski definition) is 1. The molecule has 1 atom stereocenters. The summed E-state index contributed by atoms with van der Waals surface area (Å²) >= 11 is 0. The van der Waals surface area contributed by atoms with E-state index in [1.165, 1.54) is 16.8 Å². The summed E-state index contributed by atoms with van der Waals surface area (Å²) in [6, 6.07) is 19.0. The molecular formula is C26H29NO2. The first-order valence-electron chi connectivity index (χ1n) is 10.4. The van der Waals surface area contributed by atoms with Gasteiger partial charge in [0.25, 0.3) is 0 Å². The minimum atomic E-state index is 0.0284. The average Bonchev–Trinajstić information content (AvgIpc) is 2.75. The van der Waals surface area contributed by atoms with Crippen LogP contribution >= 0.6 is 0 Å². The second kappa shape index (κ2) is 7.92. The van der Waals surface area contributed by atoms with Crippen molar-refractivity contribution in [3.05, 3.63) is 88.0 Å². The first-order chi connectivity index (χ1) is 14.1. The number of aliphatic hydroxyl groups is 1. The Morgan fingerprint density at radius 1 is 0.897 bits per heavy atom. The highest BCUT2D eigenvalue weighted by Crippen LogP contribution is 2.51. The van der Waals surface area contributed by atoms with E-state index in [0.29, 0.717) is 0 Å². The predicted octanol–water partition coefficient (Wildman–Crippen LogP) is 5.93. The summed E-state index contributed by atoms with van der Waals surface area (Å²) in [4.78, 5) is 2.33. The molecule has 150 valence electrons. The third kappa shape index (κ3) is 3.30. The number of aliphatic hydroxyl groups excluding tert-OH is 1. The van der Waals surface area contributed by atoms with E-state index in [9.17, 15) is 5.11 Å². The highest BCUT2D eigenvalue weighted by molar-refractivity contribution is 5.66. The molecule has 29 heavy (non-hydrogen) atoms. The predicted molar refractivity (Wildman–Crippen MR) is 119 cm³/mol. The van der Waals surface area contributed by atoms with Gasteiger partial charge in [0.05, 0.1) is 6.61 Å². The SMILES string of the molecule is CCN(CC)c1ccc2c(c1)Oc1c(C)ccc(C)c1C2c1ccccc1CO. The molecule has 1 N–H and O–H groups in total. The van der Waals surface area contributed by atoms with Crippen molar-refractivity contribution in [2.75, 3.05) is 18.0 Å². The topological polar surface area (TPSA) is 32.7 Å². The first-order valence-corrected chi connectivity index (χ1v) is 10.4. The number of aryl methyl sites for hydroxylation is 2. The molecule has 1 unspecified atom stereocenters. The fourth-order valence-corrected chi connectivity index (χ4v) is 4.48. The molecule has 3 aromatic carbocycles. The summed E-state index contributed by atoms with van der Waals surface area (Å²) in [6.45, 7) is 10.5. The van der Waals surface area contributed by atoms with Crippen LogP contribution in [0.25, 0.3) is 0 Å². The molecule has 0 saturated carbocycles. The maximum atomic E-state index is 10.0. The number of anilines is 1. The lowest BCUT2D eigenvalue weighted by atomic mass is 9.78. The van der Waals surface area contributed by atoms with Gasteiger partial charge in [0, 0.05) is 41.9 Å². The Bertz CT molecular complexity index is 1040. The molecule has 3 heteroatoms. The maximum absolute atomic E-state index is 10.0. The van der Waals surface area contributed by atoms with Gasteiger partial charge in [0.1, 0.15) is 11.5 Å². The van der Waals surface area contributed by atoms with Crippen molar-refractivity contribution in [2.24, 2.45) is 0 Å². The number of benzene rings is 3. The van der Waals surface area contributed by atoms with Gasteiger partial charge in [-0.2, -0.15) is 0 Å². The van der Waals surface area contributed by atoms with Crippen LogP contribution in [0.1, 0.15) is 53.1 Å². The highest BCUT2D eigenvalue weighted by atomic mass is 16.5. The van der Waals surface area contributed by atoms with Gasteiger partial charge in [-0.15, -0.1) is 0 Å². The van der Waals surface area contributed by atoms with Gasteiger partial charge in [-0.1, -0.05) is 42.5 Å². The van der Waals surface area contributed by atoms with Crippen molar-refractivity contribution in [3.63, 3.8) is 0 Å². The molecule has 4 rings (SSSR count). The second-order valence-corrected chi connectivity index (χ2v) is 7.73. The third-order valence-electron chi connectivity index (χ3n) is 6.08. The monoisotopic (exact) mass is 387 g/mol. The third-order valence-corrected chi connectivity index (χ3v) is 6.08. The van der Waals surface area contributed by atoms with E-state index in [0.717, 1.165) is 46.8 Å². The molecule has 1 aliphatic rings. The van der Waals surface area contributed by atoms with Crippen molar-refractivity contribution in [1.29, 1.82) is 0 Å². The van der Waals surface area contributed by atoms with Crippen LogP contribution in [0, 0.1) is 13.8 Å². The molecule has 0 aromatic heterocycles. The Morgan fingerprint density at radius 3 is 2.34 bits per heavy atom. The van der Waals surface area contributed by atoms with Crippen LogP contribution in [-0.4, -0.2) is 18.2 Å². The fraction of sp³-hybridized carbons (Fsp3) is 0.308. The zero-order valence-electron chi connectivity index (χ0n) is 17.7. The van der Waals surface area contributed by atoms with E-state index in [1.807, 2.05) is 12.1 Å². The number of ether oxygens (including phenoxy) is 1. The summed E-state index contributed by atoms with van der Waals surface area (Å²) < 4.78 is 6.50. The quantitative estimate of drug-likeness (QED) is 0.461. The van der Waals surface area contributed by atoms with Crippen molar-refractivity contribution in [1.82, 2.24) is 0 Å². The summed E-state index contributed by atoms with van der Waals surface area (Å²) in [5.74, 6) is 1.91. The molecule has 0 amide bonds. The summed E-state index contributed by atoms with van der Waals surface area (Å²) in [5.41, 5.74) is 7.99. The largest absolute Gasteiger partial charge is 0.456 e. The Morgan fingerprint density at radius 2 is 1.62 bits per heavy atom. The van der Waals surface area contributed by atoms with Crippen LogP contribution in [-0.2, 0) is 6.61 Å². The smallest absolute Gasteiger partial charge is 0.134 e. The lowest BCUT2D eigenvalue weighted by Gasteiger charge is -2.33. The van der Waals surface area contributed by atoms with Gasteiger partial charge in [0.2, 0.25) is 0 Å². The lowest BCUT2D eigenvalue weighted by Crippen LogP contribution is -2.22. The van der Waals surface area contributed by atoms with E-state index >= 15 is 0 Å². The molecular weight excluding hydrogens is 358 g/mol. The first kappa shape index (κ1) is 19.5. The van der Waals surface area contributed by atoms with Gasteiger partial charge < -0.3 is 14.7 Å². The van der Waals surface area contributed by atoms with E-state index in [-0.39, 0.29) is 12.5 Å². The number of fused-ring (bicyclic) bond motifs is 2. The van der Waals surface area contributed by atoms with Gasteiger partial charge >= 0.3 is 0 Å². The Balaban J connectivity index is 1.97. The molecule has 0 aliphatic carbocycles. The summed E-state index contributed by atoms with van der Waals surface area (Å²) in [7, 11) is 0. The molecule has 0 spiro atoms. The van der Waals surface area contributed by atoms with Gasteiger partial charge in [0.15, 0.2) is 0 Å². The van der Waals surface area contributed by atoms with Crippen LogP contribution < -0.4 is 9.64 Å². The summed E-state index contributed by atoms with van der Waals surface area (Å²) in [6.07, 6.45) is 0. The Labute approximate surface area is 173 Å². The maximum Gasteiger partial charge on any atom is 0.134 e. The second-order valence-electron chi connectivity index (χ2n) is 7.73. The van der Waals surface area contributed by atoms with E-state index in [2.05, 4.69) is 75.1 Å². The minimum Gasteiger partial charge on any atom is -0.456 e. The standard InChI is InChI=1S/C26H29NO2/c1-5-27(6-2)20-13-14-22-23(15-20)29-26-18(4)12-11-17(3)24(26)25(22)21-10-8-7-9-19(21)16-28/h7-15,25,28H,5-6,16H2,1-4H3. The van der Waals surface area contributed by atoms with Crippen molar-refractivity contribution >= 4 is 5.69 Å². The molecule has 3 aromatic rings. The molecule has 0 bridgehead atoms. The van der Waals surface area contributed by atoms with Gasteiger partial charge in [-0.3, -0.25) is 0 Å². The van der Waals surface area contributed by atoms with Gasteiger partial charge in [-0.25, -0.2) is 0 Å². The fourth-order valence-electron chi connectivity index (χ4n) is 4.48. The van der Waals surface area contributed by atoms with Crippen LogP contribution in [0.5, 0.6) is 11.5 Å². The normalized spacial score (nSPS) is 14.7. The number of nitrogens with zero attached hydrogens (tertiary/aromatic N) is 1. The van der Waals surface area contributed by atoms with E-state index in [4.69, 9.17) is 4.74 Å². The van der Waals surface area contributed by atoms with Crippen LogP contribution in [0.3, 0.4) is 0 Å². The van der Waals surface area contributed by atoms with Crippen molar-refractivity contribution < 1.29 is 9.84 Å². The van der Waals surface area contributed by atoms with E-state index < -0.39 is 0 Å². The van der Waals surface area contributed by atoms with Gasteiger partial charge in [-0.05, 0) is 56.0 Å². The summed E-state index contributed by atoms with van der Waals surface area (Å²) in [5, 5.41) is 10.0. The number of hydrogen-bond acceptors (Lipinski definition) is 3. The molecule has 0 radical (unpaired) electrons. The van der Waals surface area contributed by atoms with Crippen molar-refractivity contribution in [3.8, 4) is 11.5 Å². The Hall–Kier alpha value is -2.78. The van der Waals surface area contributed by atoms with Crippen LogP contribution in [0.2, 0.25) is 0 Å². The van der Waals surface area contributed by atoms with E-state index in [1.54, 1.807) is 0 Å². The van der Waals surface area contributed by atoms with Crippen LogP contribution in [0.4, 0.5) is 5.69 Å². The average molecular weight is 388 g/mol. The zero-order chi connectivity index (χ0) is 20.5. The highest BCUT2D eigenvalue weighted by Gasteiger charge is 2.32. The Kier molecular flexibility index (Phi) is 5.33. The molecule has 0 saturated heterocycles. The minimum absolute atomic E-state index is 0.0284.